The van der Waals surface area contributed by atoms with E-state index in [1.807, 2.05) is 0 Å². The highest BCUT2D eigenvalue weighted by Gasteiger charge is 2.39. The number of hydrogen-bond donors (Lipinski definition) is 0. The van der Waals surface area contributed by atoms with Crippen molar-refractivity contribution in [3.63, 3.8) is 0 Å². The van der Waals surface area contributed by atoms with Crippen LogP contribution in [-0.2, 0) is 19.1 Å². The van der Waals surface area contributed by atoms with Crippen molar-refractivity contribution in [2.45, 2.75) is 57.8 Å². The van der Waals surface area contributed by atoms with E-state index < -0.39 is 0 Å². The van der Waals surface area contributed by atoms with E-state index in [2.05, 4.69) is 0 Å². The molecule has 0 aromatic heterocycles. The highest BCUT2D eigenvalue weighted by molar-refractivity contribution is 5.75. The number of rotatable bonds is 6. The Hall–Kier alpha value is -1.06. The van der Waals surface area contributed by atoms with Crippen molar-refractivity contribution < 1.29 is 19.1 Å². The molecule has 0 unspecified atom stereocenters. The SMILES string of the molecule is O=C(OCC1(COC(=O)C2CC2)CCCCC1)C1CC1. The first-order valence-corrected chi connectivity index (χ1v) is 8.02. The van der Waals surface area contributed by atoms with Crippen molar-refractivity contribution >= 4 is 11.9 Å². The summed E-state index contributed by atoms with van der Waals surface area (Å²) in [6.45, 7) is 0.862. The fraction of sp³-hybridized carbons (Fsp3) is 0.875. The maximum Gasteiger partial charge on any atom is 0.308 e. The first kappa shape index (κ1) is 13.9. The van der Waals surface area contributed by atoms with Crippen LogP contribution < -0.4 is 0 Å². The second-order valence-electron chi connectivity index (χ2n) is 6.82. The Kier molecular flexibility index (Phi) is 3.99. The molecule has 3 aliphatic carbocycles. The van der Waals surface area contributed by atoms with Crippen LogP contribution in [0.15, 0.2) is 0 Å². The third-order valence-electron chi connectivity index (χ3n) is 4.78. The minimum Gasteiger partial charge on any atom is -0.465 e. The summed E-state index contributed by atoms with van der Waals surface area (Å²) in [6.07, 6.45) is 9.42. The van der Waals surface area contributed by atoms with Crippen LogP contribution in [0.25, 0.3) is 0 Å². The van der Waals surface area contributed by atoms with Gasteiger partial charge in [0.2, 0.25) is 0 Å². The van der Waals surface area contributed by atoms with E-state index in [9.17, 15) is 9.59 Å². The maximum absolute atomic E-state index is 11.7. The third-order valence-corrected chi connectivity index (χ3v) is 4.78. The lowest BCUT2D eigenvalue weighted by molar-refractivity contribution is -0.157. The van der Waals surface area contributed by atoms with E-state index in [0.29, 0.717) is 13.2 Å². The van der Waals surface area contributed by atoms with E-state index in [4.69, 9.17) is 9.47 Å². The molecule has 0 aromatic carbocycles. The fourth-order valence-electron chi connectivity index (χ4n) is 2.95. The molecule has 0 aliphatic heterocycles. The van der Waals surface area contributed by atoms with Crippen LogP contribution in [0, 0.1) is 17.3 Å². The second-order valence-corrected chi connectivity index (χ2v) is 6.82. The fourth-order valence-corrected chi connectivity index (χ4v) is 2.95. The molecule has 4 nitrogen and oxygen atoms in total. The predicted molar refractivity (Wildman–Crippen MR) is 72.9 cm³/mol. The zero-order chi connectivity index (χ0) is 14.0. The molecule has 0 atom stereocenters. The molecule has 3 rings (SSSR count). The molecule has 112 valence electrons. The summed E-state index contributed by atoms with van der Waals surface area (Å²) < 4.78 is 11.0. The standard InChI is InChI=1S/C16H24O4/c17-14(12-4-5-12)19-10-16(8-2-1-3-9-16)11-20-15(18)13-6-7-13/h12-13H,1-11H2. The summed E-state index contributed by atoms with van der Waals surface area (Å²) in [7, 11) is 0. The van der Waals surface area contributed by atoms with Crippen molar-refractivity contribution in [2.24, 2.45) is 17.3 Å². The Balaban J connectivity index is 1.51. The number of ether oxygens (including phenoxy) is 2. The number of carbonyl (C=O) groups is 2. The zero-order valence-corrected chi connectivity index (χ0v) is 12.1. The van der Waals surface area contributed by atoms with E-state index in [1.165, 1.54) is 6.42 Å². The molecule has 0 radical (unpaired) electrons. The smallest absolute Gasteiger partial charge is 0.308 e. The van der Waals surface area contributed by atoms with Crippen molar-refractivity contribution in [2.75, 3.05) is 13.2 Å². The monoisotopic (exact) mass is 280 g/mol. The van der Waals surface area contributed by atoms with Gasteiger partial charge < -0.3 is 9.47 Å². The zero-order valence-electron chi connectivity index (χ0n) is 12.1. The first-order valence-electron chi connectivity index (χ1n) is 8.02. The molecule has 3 saturated carbocycles. The molecule has 20 heavy (non-hydrogen) atoms. The Labute approximate surface area is 120 Å². The van der Waals surface area contributed by atoms with E-state index in [0.717, 1.165) is 51.4 Å². The molecular weight excluding hydrogens is 256 g/mol. The highest BCUT2D eigenvalue weighted by atomic mass is 16.5. The highest BCUT2D eigenvalue weighted by Crippen LogP contribution is 2.39. The lowest BCUT2D eigenvalue weighted by atomic mass is 9.75. The van der Waals surface area contributed by atoms with Gasteiger partial charge in [-0.15, -0.1) is 0 Å². The van der Waals surface area contributed by atoms with Gasteiger partial charge in [-0.1, -0.05) is 19.3 Å². The molecule has 0 amide bonds. The summed E-state index contributed by atoms with van der Waals surface area (Å²) in [5.41, 5.74) is -0.118. The summed E-state index contributed by atoms with van der Waals surface area (Å²) in [6, 6.07) is 0. The Morgan fingerprint density at radius 1 is 0.800 bits per heavy atom. The molecule has 3 fully saturated rings. The van der Waals surface area contributed by atoms with Crippen LogP contribution in [-0.4, -0.2) is 25.2 Å². The number of hydrogen-bond acceptors (Lipinski definition) is 4. The van der Waals surface area contributed by atoms with Crippen LogP contribution in [0.4, 0.5) is 0 Å². The quantitative estimate of drug-likeness (QED) is 0.702. The topological polar surface area (TPSA) is 52.6 Å². The van der Waals surface area contributed by atoms with E-state index in [1.54, 1.807) is 0 Å². The molecule has 4 heteroatoms. The van der Waals surface area contributed by atoms with Gasteiger partial charge in [0.25, 0.3) is 0 Å². The molecule has 3 aliphatic rings. The van der Waals surface area contributed by atoms with Crippen LogP contribution >= 0.6 is 0 Å². The average molecular weight is 280 g/mol. The van der Waals surface area contributed by atoms with Gasteiger partial charge in [-0.3, -0.25) is 9.59 Å². The van der Waals surface area contributed by atoms with Gasteiger partial charge in [0, 0.05) is 5.41 Å². The number of esters is 2. The minimum absolute atomic E-state index is 0.0523. The second kappa shape index (κ2) is 5.74. The Morgan fingerprint density at radius 2 is 1.25 bits per heavy atom. The normalized spacial score (nSPS) is 25.0. The molecular formula is C16H24O4. The molecule has 0 heterocycles. The van der Waals surface area contributed by atoms with Crippen molar-refractivity contribution in [3.05, 3.63) is 0 Å². The summed E-state index contributed by atoms with van der Waals surface area (Å²) in [5.74, 6) is 0.182. The third kappa shape index (κ3) is 3.53. The minimum atomic E-state index is -0.118. The molecule has 0 saturated heterocycles. The van der Waals surface area contributed by atoms with Crippen molar-refractivity contribution in [1.82, 2.24) is 0 Å². The Bertz CT molecular complexity index is 346. The predicted octanol–water partition coefficient (Wildman–Crippen LogP) is 2.84. The summed E-state index contributed by atoms with van der Waals surface area (Å²) in [4.78, 5) is 23.4. The first-order chi connectivity index (χ1) is 9.69. The van der Waals surface area contributed by atoms with Gasteiger partial charge in [0.15, 0.2) is 0 Å². The van der Waals surface area contributed by atoms with E-state index >= 15 is 0 Å². The summed E-state index contributed by atoms with van der Waals surface area (Å²) >= 11 is 0. The lowest BCUT2D eigenvalue weighted by Crippen LogP contribution is -2.36. The van der Waals surface area contributed by atoms with E-state index in [-0.39, 0.29) is 29.2 Å². The molecule has 0 N–H and O–H groups in total. The summed E-state index contributed by atoms with van der Waals surface area (Å²) in [5, 5.41) is 0. The van der Waals surface area contributed by atoms with Gasteiger partial charge in [-0.2, -0.15) is 0 Å². The maximum atomic E-state index is 11.7. The molecule has 0 spiro atoms. The van der Waals surface area contributed by atoms with Crippen LogP contribution in [0.1, 0.15) is 57.8 Å². The molecule has 0 aromatic rings. The van der Waals surface area contributed by atoms with Gasteiger partial charge in [-0.25, -0.2) is 0 Å². The van der Waals surface area contributed by atoms with Crippen LogP contribution in [0.5, 0.6) is 0 Å². The van der Waals surface area contributed by atoms with Gasteiger partial charge in [0.1, 0.15) is 13.2 Å². The van der Waals surface area contributed by atoms with Crippen molar-refractivity contribution in [1.29, 1.82) is 0 Å². The van der Waals surface area contributed by atoms with Crippen LogP contribution in [0.2, 0.25) is 0 Å². The lowest BCUT2D eigenvalue weighted by Gasteiger charge is -2.36. The van der Waals surface area contributed by atoms with Crippen molar-refractivity contribution in [3.8, 4) is 0 Å². The van der Waals surface area contributed by atoms with Gasteiger partial charge in [-0.05, 0) is 38.5 Å². The average Bonchev–Trinajstić information content (AvgIpc) is 3.33. The number of carbonyl (C=O) groups excluding carboxylic acids is 2. The Morgan fingerprint density at radius 3 is 1.65 bits per heavy atom. The van der Waals surface area contributed by atoms with Gasteiger partial charge in [0.05, 0.1) is 11.8 Å². The van der Waals surface area contributed by atoms with Gasteiger partial charge >= 0.3 is 11.9 Å². The van der Waals surface area contributed by atoms with Crippen LogP contribution in [0.3, 0.4) is 0 Å². The molecule has 0 bridgehead atoms. The largest absolute Gasteiger partial charge is 0.465 e.